The summed E-state index contributed by atoms with van der Waals surface area (Å²) in [6.45, 7) is 2.87. The topological polar surface area (TPSA) is 90.0 Å². The summed E-state index contributed by atoms with van der Waals surface area (Å²) in [5.41, 5.74) is 1.68. The molecular formula is C25H22N4O3S2. The van der Waals surface area contributed by atoms with E-state index in [9.17, 15) is 9.59 Å². The van der Waals surface area contributed by atoms with Gasteiger partial charge in [-0.3, -0.25) is 14.2 Å². The molecule has 0 aliphatic carbocycles. The first kappa shape index (κ1) is 22.4. The van der Waals surface area contributed by atoms with Crippen LogP contribution in [0.2, 0.25) is 0 Å². The molecule has 9 heteroatoms. The third-order valence-electron chi connectivity index (χ3n) is 5.52. The molecule has 4 heterocycles. The summed E-state index contributed by atoms with van der Waals surface area (Å²) >= 11 is 2.62. The van der Waals surface area contributed by atoms with Crippen molar-refractivity contribution in [2.45, 2.75) is 31.1 Å². The number of rotatable bonds is 8. The fourth-order valence-corrected chi connectivity index (χ4v) is 5.62. The first-order chi connectivity index (χ1) is 16.6. The van der Waals surface area contributed by atoms with Crippen LogP contribution in [0.25, 0.3) is 20.4 Å². The number of carbonyl (C=O) groups excluding carboxylic acids is 1. The summed E-state index contributed by atoms with van der Waals surface area (Å²) in [5, 5.41) is 4.22. The van der Waals surface area contributed by atoms with E-state index < -0.39 is 0 Å². The zero-order valence-corrected chi connectivity index (χ0v) is 20.1. The van der Waals surface area contributed by atoms with E-state index in [0.717, 1.165) is 15.8 Å². The van der Waals surface area contributed by atoms with Gasteiger partial charge in [-0.1, -0.05) is 49.0 Å². The molecule has 1 amide bonds. The molecule has 172 valence electrons. The fraction of sp³-hybridized carbons (Fsp3) is 0.200. The number of nitrogens with one attached hydrogen (secondary N) is 1. The average Bonchev–Trinajstić information content (AvgIpc) is 3.52. The van der Waals surface area contributed by atoms with Gasteiger partial charge in [0.05, 0.1) is 24.1 Å². The van der Waals surface area contributed by atoms with Crippen molar-refractivity contribution >= 4 is 49.4 Å². The highest BCUT2D eigenvalue weighted by Gasteiger charge is 2.19. The molecule has 0 fully saturated rings. The lowest BCUT2D eigenvalue weighted by Crippen LogP contribution is -2.27. The monoisotopic (exact) mass is 490 g/mol. The quantitative estimate of drug-likeness (QED) is 0.248. The van der Waals surface area contributed by atoms with E-state index >= 15 is 0 Å². The summed E-state index contributed by atoms with van der Waals surface area (Å²) in [6.07, 6.45) is 3.29. The zero-order valence-electron chi connectivity index (χ0n) is 18.4. The van der Waals surface area contributed by atoms with Crippen LogP contribution < -0.4 is 10.9 Å². The van der Waals surface area contributed by atoms with Crippen molar-refractivity contribution in [3.63, 3.8) is 0 Å². The van der Waals surface area contributed by atoms with Crippen LogP contribution in [0, 0.1) is 0 Å². The Balaban J connectivity index is 1.47. The Labute approximate surface area is 203 Å². The minimum absolute atomic E-state index is 0.0952. The molecule has 0 unspecified atom stereocenters. The number of nitrogens with zero attached hydrogens (tertiary/aromatic N) is 3. The lowest BCUT2D eigenvalue weighted by atomic mass is 10.0. The first-order valence-corrected chi connectivity index (χ1v) is 12.6. The number of benzene rings is 1. The molecular weight excluding hydrogens is 468 g/mol. The molecule has 0 saturated carbocycles. The maximum absolute atomic E-state index is 13.6. The highest BCUT2D eigenvalue weighted by atomic mass is 32.2. The van der Waals surface area contributed by atoms with Crippen molar-refractivity contribution in [2.75, 3.05) is 5.75 Å². The van der Waals surface area contributed by atoms with Crippen molar-refractivity contribution in [1.82, 2.24) is 19.9 Å². The van der Waals surface area contributed by atoms with Crippen LogP contribution in [0.1, 0.15) is 24.2 Å². The highest BCUT2D eigenvalue weighted by molar-refractivity contribution is 7.99. The van der Waals surface area contributed by atoms with Crippen LogP contribution in [0.4, 0.5) is 0 Å². The van der Waals surface area contributed by atoms with E-state index in [4.69, 9.17) is 9.40 Å². The fourth-order valence-electron chi connectivity index (χ4n) is 3.75. The van der Waals surface area contributed by atoms with Gasteiger partial charge in [0.25, 0.3) is 5.56 Å². The molecule has 0 bridgehead atoms. The molecule has 0 saturated heterocycles. The van der Waals surface area contributed by atoms with Gasteiger partial charge in [0.2, 0.25) is 5.91 Å². The van der Waals surface area contributed by atoms with Gasteiger partial charge < -0.3 is 9.73 Å². The Bertz CT molecular complexity index is 1490. The Kier molecular flexibility index (Phi) is 6.46. The SMILES string of the molecule is C[C@@H](Cn1c(SCC(=O)NCc2ccco2)nc2c(sc3ncccc32)c1=O)c1ccccc1. The van der Waals surface area contributed by atoms with Crippen LogP contribution in [0.5, 0.6) is 0 Å². The first-order valence-electron chi connectivity index (χ1n) is 10.8. The summed E-state index contributed by atoms with van der Waals surface area (Å²) in [7, 11) is 0. The Morgan fingerprint density at radius 2 is 2.03 bits per heavy atom. The van der Waals surface area contributed by atoms with Gasteiger partial charge in [-0.15, -0.1) is 11.3 Å². The van der Waals surface area contributed by atoms with E-state index in [1.54, 1.807) is 29.2 Å². The van der Waals surface area contributed by atoms with Crippen molar-refractivity contribution in [2.24, 2.45) is 0 Å². The van der Waals surface area contributed by atoms with E-state index in [1.165, 1.54) is 23.1 Å². The van der Waals surface area contributed by atoms with Gasteiger partial charge in [-0.05, 0) is 35.7 Å². The molecule has 5 aromatic rings. The second-order valence-electron chi connectivity index (χ2n) is 7.90. The summed E-state index contributed by atoms with van der Waals surface area (Å²) in [6, 6.07) is 17.4. The van der Waals surface area contributed by atoms with Crippen molar-refractivity contribution in [1.29, 1.82) is 0 Å². The number of pyridine rings is 1. The highest BCUT2D eigenvalue weighted by Crippen LogP contribution is 2.31. The van der Waals surface area contributed by atoms with Gasteiger partial charge in [0, 0.05) is 18.1 Å². The van der Waals surface area contributed by atoms with E-state index in [-0.39, 0.29) is 23.1 Å². The van der Waals surface area contributed by atoms with Crippen molar-refractivity contribution in [3.8, 4) is 0 Å². The maximum Gasteiger partial charge on any atom is 0.272 e. The molecule has 34 heavy (non-hydrogen) atoms. The largest absolute Gasteiger partial charge is 0.467 e. The number of thiophene rings is 1. The molecule has 0 radical (unpaired) electrons. The molecule has 4 aromatic heterocycles. The van der Waals surface area contributed by atoms with Gasteiger partial charge in [-0.25, -0.2) is 9.97 Å². The summed E-state index contributed by atoms with van der Waals surface area (Å²) < 4.78 is 7.54. The maximum atomic E-state index is 13.6. The normalized spacial score (nSPS) is 12.3. The Morgan fingerprint density at radius 1 is 1.18 bits per heavy atom. The second kappa shape index (κ2) is 9.82. The Hall–Kier alpha value is -3.43. The van der Waals surface area contributed by atoms with E-state index in [1.807, 2.05) is 30.3 Å². The molecule has 1 N–H and O–H groups in total. The van der Waals surface area contributed by atoms with Gasteiger partial charge >= 0.3 is 0 Å². The molecule has 1 atom stereocenters. The molecule has 0 aliphatic rings. The standard InChI is InChI=1S/C25H22N4O3S2/c1-16(17-7-3-2-4-8-17)14-29-24(31)22-21(19-10-5-11-26-23(19)34-22)28-25(29)33-15-20(30)27-13-18-9-6-12-32-18/h2-12,16H,13-15H2,1H3,(H,27,30)/t16-/m0/s1. The number of aromatic nitrogens is 3. The number of furan rings is 1. The third kappa shape index (κ3) is 4.62. The van der Waals surface area contributed by atoms with Crippen molar-refractivity contribution < 1.29 is 9.21 Å². The van der Waals surface area contributed by atoms with Crippen LogP contribution in [0.3, 0.4) is 0 Å². The van der Waals surface area contributed by atoms with E-state index in [2.05, 4.69) is 29.4 Å². The third-order valence-corrected chi connectivity index (χ3v) is 7.58. The van der Waals surface area contributed by atoms with Gasteiger partial charge in [-0.2, -0.15) is 0 Å². The van der Waals surface area contributed by atoms with Crippen LogP contribution >= 0.6 is 23.1 Å². The molecule has 1 aromatic carbocycles. The lowest BCUT2D eigenvalue weighted by molar-refractivity contribution is -0.118. The lowest BCUT2D eigenvalue weighted by Gasteiger charge is -2.17. The minimum Gasteiger partial charge on any atom is -0.467 e. The predicted molar refractivity (Wildman–Crippen MR) is 135 cm³/mol. The van der Waals surface area contributed by atoms with Crippen molar-refractivity contribution in [3.05, 3.63) is 88.7 Å². The number of amides is 1. The van der Waals surface area contributed by atoms with Crippen LogP contribution in [0.15, 0.2) is 81.4 Å². The van der Waals surface area contributed by atoms with Gasteiger partial charge in [0.1, 0.15) is 15.3 Å². The number of fused-ring (bicyclic) bond motifs is 3. The Morgan fingerprint density at radius 3 is 2.82 bits per heavy atom. The summed E-state index contributed by atoms with van der Waals surface area (Å²) in [4.78, 5) is 36.1. The predicted octanol–water partition coefficient (Wildman–Crippen LogP) is 4.81. The van der Waals surface area contributed by atoms with Crippen LogP contribution in [-0.4, -0.2) is 26.2 Å². The zero-order chi connectivity index (χ0) is 23.5. The minimum atomic E-state index is -0.157. The molecule has 7 nitrogen and oxygen atoms in total. The molecule has 5 rings (SSSR count). The smallest absolute Gasteiger partial charge is 0.272 e. The van der Waals surface area contributed by atoms with Crippen LogP contribution in [-0.2, 0) is 17.9 Å². The molecule has 0 aliphatic heterocycles. The van der Waals surface area contributed by atoms with Gasteiger partial charge in [0.15, 0.2) is 5.16 Å². The number of carbonyl (C=O) groups is 1. The summed E-state index contributed by atoms with van der Waals surface area (Å²) in [5.74, 6) is 0.760. The number of hydrogen-bond acceptors (Lipinski definition) is 7. The average molecular weight is 491 g/mol. The number of thioether (sulfide) groups is 1. The second-order valence-corrected chi connectivity index (χ2v) is 9.84. The molecule has 0 spiro atoms. The number of hydrogen-bond donors (Lipinski definition) is 1. The van der Waals surface area contributed by atoms with E-state index in [0.29, 0.717) is 34.2 Å².